The van der Waals surface area contributed by atoms with Crippen molar-refractivity contribution in [3.63, 3.8) is 0 Å². The first-order chi connectivity index (χ1) is 7.85. The van der Waals surface area contributed by atoms with Gasteiger partial charge in [-0.1, -0.05) is 58.8 Å². The molecule has 0 aliphatic rings. The van der Waals surface area contributed by atoms with Crippen LogP contribution in [-0.4, -0.2) is 24.4 Å². The zero-order valence-corrected chi connectivity index (χ0v) is 11.2. The van der Waals surface area contributed by atoms with E-state index in [1.165, 1.54) is 51.4 Å². The minimum atomic E-state index is 0.940. The lowest BCUT2D eigenvalue weighted by molar-refractivity contribution is -0.118. The predicted molar refractivity (Wildman–Crippen MR) is 70.5 cm³/mol. The zero-order chi connectivity index (χ0) is 12.1. The number of carbonyl (C=O) groups excluding carboxylic acids is 1. The smallest absolute Gasteiger partial charge is 0.209 e. The van der Waals surface area contributed by atoms with Gasteiger partial charge < -0.3 is 4.90 Å². The molecule has 0 aliphatic carbocycles. The summed E-state index contributed by atoms with van der Waals surface area (Å²) in [5, 5.41) is 0. The highest BCUT2D eigenvalue weighted by Gasteiger charge is 1.99. The molecule has 0 radical (unpaired) electrons. The Morgan fingerprint density at radius 3 is 1.81 bits per heavy atom. The Labute approximate surface area is 101 Å². The highest BCUT2D eigenvalue weighted by atomic mass is 16.1. The molecule has 2 nitrogen and oxygen atoms in total. The molecule has 0 rings (SSSR count). The Bertz CT molecular complexity index is 148. The first kappa shape index (κ1) is 15.5. The Morgan fingerprint density at radius 2 is 1.25 bits per heavy atom. The lowest BCUT2D eigenvalue weighted by atomic mass is 10.1. The van der Waals surface area contributed by atoms with Crippen molar-refractivity contribution in [2.45, 2.75) is 71.6 Å². The first-order valence-corrected chi connectivity index (χ1v) is 7.04. The zero-order valence-electron chi connectivity index (χ0n) is 11.2. The molecule has 0 aromatic heterocycles. The number of amides is 1. The van der Waals surface area contributed by atoms with Crippen molar-refractivity contribution in [3.8, 4) is 0 Å². The fourth-order valence-corrected chi connectivity index (χ4v) is 1.85. The van der Waals surface area contributed by atoms with Crippen molar-refractivity contribution < 1.29 is 4.79 Å². The second kappa shape index (κ2) is 12.5. The monoisotopic (exact) mass is 227 g/mol. The minimum Gasteiger partial charge on any atom is -0.345 e. The molecule has 0 saturated heterocycles. The lowest BCUT2D eigenvalue weighted by Gasteiger charge is -2.16. The fraction of sp³-hybridized carbons (Fsp3) is 0.929. The molecule has 0 aromatic carbocycles. The molecule has 0 spiro atoms. The molecule has 0 aromatic rings. The fourth-order valence-electron chi connectivity index (χ4n) is 1.85. The van der Waals surface area contributed by atoms with Gasteiger partial charge in [-0.2, -0.15) is 0 Å². The molecule has 0 unspecified atom stereocenters. The van der Waals surface area contributed by atoms with Crippen LogP contribution in [0.2, 0.25) is 0 Å². The molecule has 96 valence electrons. The second-order valence-corrected chi connectivity index (χ2v) is 4.62. The van der Waals surface area contributed by atoms with Gasteiger partial charge in [-0.3, -0.25) is 4.79 Å². The van der Waals surface area contributed by atoms with Crippen LogP contribution in [0.1, 0.15) is 71.6 Å². The number of rotatable bonds is 12. The van der Waals surface area contributed by atoms with Gasteiger partial charge in [-0.25, -0.2) is 0 Å². The van der Waals surface area contributed by atoms with Gasteiger partial charge in [0.05, 0.1) is 0 Å². The lowest BCUT2D eigenvalue weighted by Crippen LogP contribution is -2.24. The maximum atomic E-state index is 10.7. The van der Waals surface area contributed by atoms with E-state index in [4.69, 9.17) is 0 Å². The van der Waals surface area contributed by atoms with Crippen LogP contribution in [0, 0.1) is 0 Å². The molecule has 0 heterocycles. The highest BCUT2D eigenvalue weighted by molar-refractivity contribution is 5.46. The molecule has 0 saturated carbocycles. The van der Waals surface area contributed by atoms with Gasteiger partial charge in [0.1, 0.15) is 0 Å². The topological polar surface area (TPSA) is 20.3 Å². The van der Waals surface area contributed by atoms with E-state index < -0.39 is 0 Å². The molecular formula is C14H29NO. The third kappa shape index (κ3) is 10.0. The Morgan fingerprint density at radius 1 is 0.750 bits per heavy atom. The van der Waals surface area contributed by atoms with Gasteiger partial charge >= 0.3 is 0 Å². The van der Waals surface area contributed by atoms with E-state index in [0.717, 1.165) is 25.9 Å². The van der Waals surface area contributed by atoms with E-state index >= 15 is 0 Å². The van der Waals surface area contributed by atoms with Crippen molar-refractivity contribution in [2.24, 2.45) is 0 Å². The molecule has 0 aliphatic heterocycles. The summed E-state index contributed by atoms with van der Waals surface area (Å²) in [6.07, 6.45) is 12.5. The largest absolute Gasteiger partial charge is 0.345 e. The number of nitrogens with zero attached hydrogens (tertiary/aromatic N) is 1. The number of hydrogen-bond acceptors (Lipinski definition) is 1. The Hall–Kier alpha value is -0.530. The summed E-state index contributed by atoms with van der Waals surface area (Å²) in [4.78, 5) is 12.7. The number of hydrogen-bond donors (Lipinski definition) is 0. The van der Waals surface area contributed by atoms with Crippen LogP contribution in [0.5, 0.6) is 0 Å². The maximum absolute atomic E-state index is 10.7. The van der Waals surface area contributed by atoms with Crippen LogP contribution in [0.3, 0.4) is 0 Å². The summed E-state index contributed by atoms with van der Waals surface area (Å²) >= 11 is 0. The summed E-state index contributed by atoms with van der Waals surface area (Å²) in [5.41, 5.74) is 0. The third-order valence-corrected chi connectivity index (χ3v) is 3.00. The second-order valence-electron chi connectivity index (χ2n) is 4.62. The average Bonchev–Trinajstić information content (AvgIpc) is 2.32. The Balaban J connectivity index is 3.24. The number of unbranched alkanes of at least 4 members (excludes halogenated alkanes) is 7. The van der Waals surface area contributed by atoms with E-state index in [0.29, 0.717) is 0 Å². The van der Waals surface area contributed by atoms with Gasteiger partial charge in [-0.15, -0.1) is 0 Å². The van der Waals surface area contributed by atoms with Crippen LogP contribution in [0.25, 0.3) is 0 Å². The molecule has 0 atom stereocenters. The molecule has 0 N–H and O–H groups in total. The van der Waals surface area contributed by atoms with Crippen LogP contribution in [0.4, 0.5) is 0 Å². The van der Waals surface area contributed by atoms with Crippen molar-refractivity contribution >= 4 is 6.41 Å². The number of carbonyl (C=O) groups is 1. The summed E-state index contributed by atoms with van der Waals surface area (Å²) in [7, 11) is 0. The highest BCUT2D eigenvalue weighted by Crippen LogP contribution is 2.07. The van der Waals surface area contributed by atoms with Crippen molar-refractivity contribution in [1.29, 1.82) is 0 Å². The van der Waals surface area contributed by atoms with E-state index in [1.807, 2.05) is 4.90 Å². The minimum absolute atomic E-state index is 0.940. The summed E-state index contributed by atoms with van der Waals surface area (Å²) in [6.45, 7) is 6.31. The first-order valence-electron chi connectivity index (χ1n) is 7.04. The molecule has 2 heteroatoms. The molecule has 0 bridgehead atoms. The quantitative estimate of drug-likeness (QED) is 0.364. The summed E-state index contributed by atoms with van der Waals surface area (Å²) in [6, 6.07) is 0. The van der Waals surface area contributed by atoms with E-state index in [9.17, 15) is 4.79 Å². The van der Waals surface area contributed by atoms with Crippen LogP contribution in [0.15, 0.2) is 0 Å². The van der Waals surface area contributed by atoms with Gasteiger partial charge in [0.25, 0.3) is 0 Å². The normalized spacial score (nSPS) is 10.4. The van der Waals surface area contributed by atoms with E-state index in [2.05, 4.69) is 13.8 Å². The Kier molecular flexibility index (Phi) is 12.1. The van der Waals surface area contributed by atoms with E-state index in [-0.39, 0.29) is 0 Å². The van der Waals surface area contributed by atoms with Gasteiger partial charge in [0, 0.05) is 13.1 Å². The third-order valence-electron chi connectivity index (χ3n) is 3.00. The van der Waals surface area contributed by atoms with Crippen LogP contribution in [-0.2, 0) is 4.79 Å². The standard InChI is InChI=1S/C14H29NO/c1-3-5-7-8-9-10-11-13-15(14-16)12-6-4-2/h14H,3-13H2,1-2H3. The maximum Gasteiger partial charge on any atom is 0.209 e. The van der Waals surface area contributed by atoms with Gasteiger partial charge in [-0.05, 0) is 12.8 Å². The average molecular weight is 227 g/mol. The van der Waals surface area contributed by atoms with E-state index in [1.54, 1.807) is 0 Å². The van der Waals surface area contributed by atoms with Crippen molar-refractivity contribution in [2.75, 3.05) is 13.1 Å². The summed E-state index contributed by atoms with van der Waals surface area (Å²) < 4.78 is 0. The molecule has 16 heavy (non-hydrogen) atoms. The van der Waals surface area contributed by atoms with Crippen LogP contribution >= 0.6 is 0 Å². The molecular weight excluding hydrogens is 198 g/mol. The van der Waals surface area contributed by atoms with Crippen LogP contribution < -0.4 is 0 Å². The van der Waals surface area contributed by atoms with Gasteiger partial charge in [0.2, 0.25) is 6.41 Å². The SMILES string of the molecule is CCCCCCCCCN(C=O)CCCC. The molecule has 0 fully saturated rings. The predicted octanol–water partition coefficient (Wildman–Crippen LogP) is 4.00. The summed E-state index contributed by atoms with van der Waals surface area (Å²) in [5.74, 6) is 0. The van der Waals surface area contributed by atoms with Gasteiger partial charge in [0.15, 0.2) is 0 Å². The molecule has 1 amide bonds. The van der Waals surface area contributed by atoms with Crippen molar-refractivity contribution in [3.05, 3.63) is 0 Å². The van der Waals surface area contributed by atoms with Crippen molar-refractivity contribution in [1.82, 2.24) is 4.90 Å².